The summed E-state index contributed by atoms with van der Waals surface area (Å²) < 4.78 is 0. The number of fused-ring (bicyclic) bond motifs is 1. The van der Waals surface area contributed by atoms with Gasteiger partial charge in [-0.1, -0.05) is 47.7 Å². The molecule has 0 N–H and O–H groups in total. The normalized spacial score (nSPS) is 13.0. The monoisotopic (exact) mass is 390 g/mol. The van der Waals surface area contributed by atoms with Crippen LogP contribution in [0.5, 0.6) is 0 Å². The quantitative estimate of drug-likeness (QED) is 0.361. The Kier molecular flexibility index (Phi) is 4.44. The van der Waals surface area contributed by atoms with Gasteiger partial charge in [-0.25, -0.2) is 4.90 Å². The number of hydrogen-bond acceptors (Lipinski definition) is 5. The van der Waals surface area contributed by atoms with Crippen molar-refractivity contribution in [2.45, 2.75) is 16.7 Å². The molecule has 0 aromatic heterocycles. The average molecular weight is 390 g/mol. The number of aryl methyl sites for hydroxylation is 1. The van der Waals surface area contributed by atoms with Gasteiger partial charge >= 0.3 is 0 Å². The summed E-state index contributed by atoms with van der Waals surface area (Å²) in [6.45, 7) is 1.91. The fourth-order valence-electron chi connectivity index (χ4n) is 3.04. The lowest BCUT2D eigenvalue weighted by molar-refractivity contribution is -0.385. The molecule has 1 aliphatic rings. The Morgan fingerprint density at radius 2 is 1.61 bits per heavy atom. The topological polar surface area (TPSA) is 80.5 Å². The zero-order valence-corrected chi connectivity index (χ0v) is 15.6. The van der Waals surface area contributed by atoms with Gasteiger partial charge in [-0.05, 0) is 31.2 Å². The Bertz CT molecular complexity index is 1110. The van der Waals surface area contributed by atoms with Crippen LogP contribution in [-0.4, -0.2) is 16.7 Å². The van der Waals surface area contributed by atoms with E-state index in [0.29, 0.717) is 10.6 Å². The molecular formula is C21H14N2O4S. The largest absolute Gasteiger partial charge is 0.271 e. The van der Waals surface area contributed by atoms with Gasteiger partial charge in [-0.3, -0.25) is 19.7 Å². The van der Waals surface area contributed by atoms with E-state index in [1.807, 2.05) is 37.3 Å². The van der Waals surface area contributed by atoms with Crippen LogP contribution in [0.15, 0.2) is 76.5 Å². The summed E-state index contributed by atoms with van der Waals surface area (Å²) in [4.78, 5) is 39.2. The number of amides is 2. The summed E-state index contributed by atoms with van der Waals surface area (Å²) >= 11 is 1.23. The number of anilines is 1. The number of hydrogen-bond donors (Lipinski definition) is 0. The standard InChI is InChI=1S/C21H14N2O4S/c1-13-7-9-14(10-8-13)22-20(24)17-11-15(23(26)27)12-18(19(17)21(22)25)28-16-5-3-2-4-6-16/h2-12H,1H3. The third-order valence-electron chi connectivity index (χ3n) is 4.41. The minimum atomic E-state index is -0.554. The van der Waals surface area contributed by atoms with Gasteiger partial charge < -0.3 is 0 Å². The molecule has 7 heteroatoms. The van der Waals surface area contributed by atoms with Crippen LogP contribution >= 0.6 is 11.8 Å². The molecule has 0 saturated heterocycles. The van der Waals surface area contributed by atoms with E-state index < -0.39 is 16.7 Å². The van der Waals surface area contributed by atoms with Crippen molar-refractivity contribution in [3.63, 3.8) is 0 Å². The summed E-state index contributed by atoms with van der Waals surface area (Å²) in [6.07, 6.45) is 0. The maximum atomic E-state index is 13.1. The predicted molar refractivity (Wildman–Crippen MR) is 106 cm³/mol. The average Bonchev–Trinajstić information content (AvgIpc) is 2.94. The smallest absolute Gasteiger partial charge is 0.268 e. The van der Waals surface area contributed by atoms with Gasteiger partial charge in [0.25, 0.3) is 17.5 Å². The second kappa shape index (κ2) is 6.94. The Morgan fingerprint density at radius 1 is 0.929 bits per heavy atom. The minimum absolute atomic E-state index is 0.0539. The number of non-ortho nitro benzene ring substituents is 1. The molecule has 1 aliphatic heterocycles. The summed E-state index contributed by atoms with van der Waals surface area (Å²) in [5.74, 6) is -1.03. The van der Waals surface area contributed by atoms with Gasteiger partial charge in [0, 0.05) is 21.9 Å². The number of benzene rings is 3. The van der Waals surface area contributed by atoms with Gasteiger partial charge in [-0.15, -0.1) is 0 Å². The highest BCUT2D eigenvalue weighted by Gasteiger charge is 2.40. The van der Waals surface area contributed by atoms with E-state index in [0.717, 1.165) is 15.4 Å². The molecule has 3 aromatic rings. The zero-order chi connectivity index (χ0) is 19.8. The van der Waals surface area contributed by atoms with E-state index in [4.69, 9.17) is 0 Å². The molecule has 0 bridgehead atoms. The molecule has 4 rings (SSSR count). The molecule has 0 spiro atoms. The van der Waals surface area contributed by atoms with E-state index in [2.05, 4.69) is 0 Å². The first-order valence-electron chi connectivity index (χ1n) is 8.46. The molecule has 3 aromatic carbocycles. The summed E-state index contributed by atoms with van der Waals surface area (Å²) in [6, 6.07) is 18.7. The fourth-order valence-corrected chi connectivity index (χ4v) is 4.07. The van der Waals surface area contributed by atoms with E-state index in [1.54, 1.807) is 24.3 Å². The number of nitrogens with zero attached hydrogens (tertiary/aromatic N) is 2. The third kappa shape index (κ3) is 3.05. The minimum Gasteiger partial charge on any atom is -0.268 e. The number of rotatable bonds is 4. The third-order valence-corrected chi connectivity index (χ3v) is 5.46. The summed E-state index contributed by atoms with van der Waals surface area (Å²) in [5.41, 5.74) is 1.47. The van der Waals surface area contributed by atoms with Crippen LogP contribution in [0.3, 0.4) is 0 Å². The first-order chi connectivity index (χ1) is 13.5. The van der Waals surface area contributed by atoms with Crippen molar-refractivity contribution in [2.24, 2.45) is 0 Å². The van der Waals surface area contributed by atoms with Crippen molar-refractivity contribution in [3.05, 3.63) is 93.5 Å². The zero-order valence-electron chi connectivity index (χ0n) is 14.8. The molecule has 6 nitrogen and oxygen atoms in total. The molecule has 28 heavy (non-hydrogen) atoms. The fraction of sp³-hybridized carbons (Fsp3) is 0.0476. The molecule has 0 unspecified atom stereocenters. The highest BCUT2D eigenvalue weighted by atomic mass is 32.2. The second-order valence-electron chi connectivity index (χ2n) is 6.32. The summed E-state index contributed by atoms with van der Waals surface area (Å²) in [7, 11) is 0. The van der Waals surface area contributed by atoms with E-state index in [1.165, 1.54) is 23.9 Å². The maximum absolute atomic E-state index is 13.1. The second-order valence-corrected chi connectivity index (χ2v) is 7.44. The molecule has 0 saturated carbocycles. The van der Waals surface area contributed by atoms with Gasteiger partial charge in [-0.2, -0.15) is 0 Å². The maximum Gasteiger partial charge on any atom is 0.271 e. The first kappa shape index (κ1) is 17.9. The van der Waals surface area contributed by atoms with E-state index >= 15 is 0 Å². The molecule has 0 fully saturated rings. The van der Waals surface area contributed by atoms with Crippen LogP contribution in [0.2, 0.25) is 0 Å². The van der Waals surface area contributed by atoms with Gasteiger partial charge in [0.05, 0.1) is 21.7 Å². The summed E-state index contributed by atoms with van der Waals surface area (Å²) in [5, 5.41) is 11.4. The van der Waals surface area contributed by atoms with Crippen molar-refractivity contribution in [1.29, 1.82) is 0 Å². The van der Waals surface area contributed by atoms with Crippen molar-refractivity contribution in [3.8, 4) is 0 Å². The lowest BCUT2D eigenvalue weighted by atomic mass is 10.1. The molecule has 2 amide bonds. The predicted octanol–water partition coefficient (Wildman–Crippen LogP) is 4.86. The SMILES string of the molecule is Cc1ccc(N2C(=O)c3cc([N+](=O)[O-])cc(Sc4ccccc4)c3C2=O)cc1. The Hall–Kier alpha value is -3.45. The number of nitro groups is 1. The van der Waals surface area contributed by atoms with E-state index in [-0.39, 0.29) is 16.8 Å². The van der Waals surface area contributed by atoms with Crippen LogP contribution in [0.25, 0.3) is 0 Å². The van der Waals surface area contributed by atoms with Gasteiger partial charge in [0.15, 0.2) is 0 Å². The highest BCUT2D eigenvalue weighted by Crippen LogP contribution is 2.40. The first-order valence-corrected chi connectivity index (χ1v) is 9.28. The molecule has 0 atom stereocenters. The van der Waals surface area contributed by atoms with Crippen LogP contribution in [0.4, 0.5) is 11.4 Å². The van der Waals surface area contributed by atoms with Crippen molar-refractivity contribution in [2.75, 3.05) is 4.90 Å². The molecule has 1 heterocycles. The highest BCUT2D eigenvalue weighted by molar-refractivity contribution is 7.99. The van der Waals surface area contributed by atoms with Crippen molar-refractivity contribution >= 4 is 35.0 Å². The Morgan fingerprint density at radius 3 is 2.25 bits per heavy atom. The molecule has 0 aliphatic carbocycles. The lowest BCUT2D eigenvalue weighted by Crippen LogP contribution is -2.29. The van der Waals surface area contributed by atoms with Crippen LogP contribution < -0.4 is 4.90 Å². The van der Waals surface area contributed by atoms with Crippen molar-refractivity contribution < 1.29 is 14.5 Å². The number of carbonyl (C=O) groups excluding carboxylic acids is 2. The number of carbonyl (C=O) groups is 2. The Labute approximate surface area is 164 Å². The van der Waals surface area contributed by atoms with E-state index in [9.17, 15) is 19.7 Å². The lowest BCUT2D eigenvalue weighted by Gasteiger charge is -2.14. The van der Waals surface area contributed by atoms with Crippen LogP contribution in [-0.2, 0) is 0 Å². The molecule has 0 radical (unpaired) electrons. The van der Waals surface area contributed by atoms with Gasteiger partial charge in [0.1, 0.15) is 0 Å². The van der Waals surface area contributed by atoms with Crippen LogP contribution in [0.1, 0.15) is 26.3 Å². The number of nitro benzene ring substituents is 1. The number of imide groups is 1. The van der Waals surface area contributed by atoms with Gasteiger partial charge in [0.2, 0.25) is 0 Å². The van der Waals surface area contributed by atoms with Crippen molar-refractivity contribution in [1.82, 2.24) is 0 Å². The molecular weight excluding hydrogens is 376 g/mol. The molecule has 138 valence electrons. The van der Waals surface area contributed by atoms with Crippen LogP contribution in [0, 0.1) is 17.0 Å². The Balaban J connectivity index is 1.85.